The predicted octanol–water partition coefficient (Wildman–Crippen LogP) is 5.59. The molecule has 1 spiro atoms. The molecule has 0 unspecified atom stereocenters. The van der Waals surface area contributed by atoms with Crippen molar-refractivity contribution in [3.8, 4) is 0 Å². The van der Waals surface area contributed by atoms with Crippen LogP contribution in [0, 0.1) is 0 Å². The molecule has 2 aromatic rings. The molecule has 2 N–H and O–H groups in total. The van der Waals surface area contributed by atoms with Crippen molar-refractivity contribution < 1.29 is 14.7 Å². The lowest BCUT2D eigenvalue weighted by atomic mass is 9.77. The minimum atomic E-state index is -0.850. The first-order valence-corrected chi connectivity index (χ1v) is 15.3. The highest BCUT2D eigenvalue weighted by Gasteiger charge is 2.54. The Kier molecular flexibility index (Phi) is 10.7. The Morgan fingerprint density at radius 3 is 2.07 bits per heavy atom. The molecular weight excluding hydrogens is 534 g/mol. The van der Waals surface area contributed by atoms with Crippen LogP contribution in [0.5, 0.6) is 0 Å². The first kappa shape index (κ1) is 31.3. The summed E-state index contributed by atoms with van der Waals surface area (Å²) < 4.78 is 0. The van der Waals surface area contributed by atoms with Crippen LogP contribution in [0.3, 0.4) is 0 Å². The van der Waals surface area contributed by atoms with Crippen molar-refractivity contribution >= 4 is 29.8 Å². The number of carbonyl (C=O) groups excluding carboxylic acids is 2. The summed E-state index contributed by atoms with van der Waals surface area (Å²) in [6.45, 7) is 5.02. The van der Waals surface area contributed by atoms with Crippen LogP contribution in [0.25, 0.3) is 5.57 Å². The molecule has 7 heteroatoms. The van der Waals surface area contributed by atoms with Crippen molar-refractivity contribution in [1.82, 2.24) is 15.1 Å². The molecule has 6 nitrogen and oxygen atoms in total. The molecule has 0 bridgehead atoms. The Hall–Kier alpha value is -2.67. The number of piperazine rings is 1. The topological polar surface area (TPSA) is 72.9 Å². The smallest absolute Gasteiger partial charge is 0.246 e. The molecular formula is C34H46ClN3O3. The molecule has 1 atom stereocenters. The van der Waals surface area contributed by atoms with E-state index >= 15 is 0 Å². The van der Waals surface area contributed by atoms with Crippen LogP contribution in [-0.4, -0.2) is 70.1 Å². The molecule has 2 aliphatic heterocycles. The van der Waals surface area contributed by atoms with Gasteiger partial charge >= 0.3 is 0 Å². The van der Waals surface area contributed by atoms with Gasteiger partial charge in [-0.25, -0.2) is 0 Å². The summed E-state index contributed by atoms with van der Waals surface area (Å²) in [6, 6.07) is 20.3. The fraction of sp³-hybridized carbons (Fsp3) is 0.529. The van der Waals surface area contributed by atoms with Gasteiger partial charge in [0.15, 0.2) is 0 Å². The number of likely N-dealkylation sites (tertiary alicyclic amines) is 1. The van der Waals surface area contributed by atoms with Gasteiger partial charge < -0.3 is 15.3 Å². The Bertz CT molecular complexity index is 1130. The molecule has 41 heavy (non-hydrogen) atoms. The lowest BCUT2D eigenvalue weighted by Gasteiger charge is -2.52. The largest absolute Gasteiger partial charge is 0.390 e. The van der Waals surface area contributed by atoms with Gasteiger partial charge in [0.2, 0.25) is 11.8 Å². The first-order chi connectivity index (χ1) is 19.4. The van der Waals surface area contributed by atoms with Crippen LogP contribution in [0.2, 0.25) is 0 Å². The van der Waals surface area contributed by atoms with Gasteiger partial charge in [0, 0.05) is 32.6 Å². The van der Waals surface area contributed by atoms with E-state index in [2.05, 4.69) is 71.7 Å². The van der Waals surface area contributed by atoms with Crippen LogP contribution in [0.4, 0.5) is 0 Å². The molecule has 2 aromatic carbocycles. The van der Waals surface area contributed by atoms with Gasteiger partial charge in [-0.2, -0.15) is 0 Å². The van der Waals surface area contributed by atoms with Crippen LogP contribution in [-0.2, 0) is 9.59 Å². The highest BCUT2D eigenvalue weighted by molar-refractivity contribution is 6.00. The van der Waals surface area contributed by atoms with Crippen molar-refractivity contribution in [2.24, 2.45) is 0 Å². The number of hydrogen-bond acceptors (Lipinski definition) is 4. The van der Waals surface area contributed by atoms with Gasteiger partial charge in [-0.05, 0) is 48.8 Å². The maximum Gasteiger partial charge on any atom is 0.246 e. The van der Waals surface area contributed by atoms with Crippen molar-refractivity contribution in [2.75, 3.05) is 26.2 Å². The number of aliphatic hydroxyl groups is 1. The molecule has 2 amide bonds. The van der Waals surface area contributed by atoms with Gasteiger partial charge in [0.1, 0.15) is 11.6 Å². The van der Waals surface area contributed by atoms with E-state index in [-0.39, 0.29) is 24.2 Å². The second-order valence-corrected chi connectivity index (χ2v) is 12.0. The van der Waals surface area contributed by atoms with Crippen LogP contribution < -0.4 is 5.32 Å². The number of hydrogen-bond donors (Lipinski definition) is 2. The van der Waals surface area contributed by atoms with Crippen LogP contribution >= 0.6 is 12.4 Å². The van der Waals surface area contributed by atoms with Crippen LogP contribution in [0.15, 0.2) is 66.7 Å². The van der Waals surface area contributed by atoms with Crippen LogP contribution in [0.1, 0.15) is 82.3 Å². The minimum Gasteiger partial charge on any atom is -0.390 e. The van der Waals surface area contributed by atoms with Crippen molar-refractivity contribution in [3.63, 3.8) is 0 Å². The standard InChI is InChI=1S/C34H45N3O3.ClH/c1-2-3-22-37-31(38)30(26-33(40)18-11-6-12-19-33)35-32(39)34(37)20-24-36(25-21-34)23-17-29(27-13-7-4-8-14-27)28-15-9-5-10-16-28;/h4-5,7-10,13-17,30,40H,2-3,6,11-12,18-26H2,1H3,(H,35,39);1H/t30-;/m1./s1. The highest BCUT2D eigenvalue weighted by atomic mass is 35.5. The zero-order chi connectivity index (χ0) is 28.0. The van der Waals surface area contributed by atoms with E-state index in [0.717, 1.165) is 51.7 Å². The summed E-state index contributed by atoms with van der Waals surface area (Å²) in [5.41, 5.74) is 1.95. The van der Waals surface area contributed by atoms with Gasteiger partial charge in [-0.15, -0.1) is 12.4 Å². The average molecular weight is 580 g/mol. The zero-order valence-electron chi connectivity index (χ0n) is 24.4. The number of rotatable bonds is 9. The Morgan fingerprint density at radius 2 is 1.51 bits per heavy atom. The van der Waals surface area contributed by atoms with E-state index < -0.39 is 17.2 Å². The van der Waals surface area contributed by atoms with E-state index in [0.29, 0.717) is 38.6 Å². The quantitative estimate of drug-likeness (QED) is 0.406. The molecule has 3 aliphatic rings. The summed E-state index contributed by atoms with van der Waals surface area (Å²) in [6.07, 6.45) is 10.2. The average Bonchev–Trinajstić information content (AvgIpc) is 2.98. The summed E-state index contributed by atoms with van der Waals surface area (Å²) in [5, 5.41) is 14.3. The molecule has 1 aliphatic carbocycles. The molecule has 1 saturated carbocycles. The number of piperidine rings is 1. The molecule has 2 heterocycles. The molecule has 2 saturated heterocycles. The Labute approximate surface area is 251 Å². The molecule has 5 rings (SSSR count). The summed E-state index contributed by atoms with van der Waals surface area (Å²) >= 11 is 0. The zero-order valence-corrected chi connectivity index (χ0v) is 25.2. The van der Waals surface area contributed by atoms with Crippen molar-refractivity contribution in [1.29, 1.82) is 0 Å². The predicted molar refractivity (Wildman–Crippen MR) is 167 cm³/mol. The molecule has 0 radical (unpaired) electrons. The van der Waals surface area contributed by atoms with Crippen molar-refractivity contribution in [2.45, 2.75) is 88.3 Å². The number of benzene rings is 2. The third-order valence-corrected chi connectivity index (χ3v) is 9.32. The third-order valence-electron chi connectivity index (χ3n) is 9.32. The second-order valence-electron chi connectivity index (χ2n) is 12.0. The van der Waals surface area contributed by atoms with E-state index in [1.807, 2.05) is 17.0 Å². The highest BCUT2D eigenvalue weighted by Crippen LogP contribution is 2.37. The number of halogens is 1. The fourth-order valence-corrected chi connectivity index (χ4v) is 6.91. The summed E-state index contributed by atoms with van der Waals surface area (Å²) in [4.78, 5) is 31.9. The molecule has 3 fully saturated rings. The van der Waals surface area contributed by atoms with Gasteiger partial charge in [0.05, 0.1) is 5.60 Å². The normalized spacial score (nSPS) is 22.1. The first-order valence-electron chi connectivity index (χ1n) is 15.3. The maximum absolute atomic E-state index is 13.9. The second kappa shape index (κ2) is 14.0. The van der Waals surface area contributed by atoms with E-state index in [1.165, 1.54) is 16.7 Å². The van der Waals surface area contributed by atoms with E-state index in [9.17, 15) is 14.7 Å². The number of nitrogens with zero attached hydrogens (tertiary/aromatic N) is 2. The van der Waals surface area contributed by atoms with Crippen molar-refractivity contribution in [3.05, 3.63) is 77.9 Å². The molecule has 0 aromatic heterocycles. The Morgan fingerprint density at radius 1 is 0.927 bits per heavy atom. The monoisotopic (exact) mass is 579 g/mol. The van der Waals surface area contributed by atoms with E-state index in [1.54, 1.807) is 0 Å². The van der Waals surface area contributed by atoms with Gasteiger partial charge in [0.25, 0.3) is 0 Å². The number of amides is 2. The lowest BCUT2D eigenvalue weighted by Crippen LogP contribution is -2.73. The van der Waals surface area contributed by atoms with Gasteiger partial charge in [-0.3, -0.25) is 14.5 Å². The lowest BCUT2D eigenvalue weighted by molar-refractivity contribution is -0.163. The van der Waals surface area contributed by atoms with Gasteiger partial charge in [-0.1, -0.05) is 99.3 Å². The SMILES string of the molecule is CCCCN1C(=O)[C@@H](CC2(O)CCCCC2)NC(=O)C12CCN(CC=C(c1ccccc1)c1ccccc1)CC2.Cl. The summed E-state index contributed by atoms with van der Waals surface area (Å²) in [7, 11) is 0. The van der Waals surface area contributed by atoms with E-state index in [4.69, 9.17) is 0 Å². The summed E-state index contributed by atoms with van der Waals surface area (Å²) in [5.74, 6) is -0.0344. The number of nitrogens with one attached hydrogen (secondary N) is 1. The fourth-order valence-electron chi connectivity index (χ4n) is 6.91. The number of unbranched alkanes of at least 4 members (excludes halogenated alkanes) is 1. The maximum atomic E-state index is 13.9. The minimum absolute atomic E-state index is 0. The Balaban J connectivity index is 0.00000387. The number of carbonyl (C=O) groups is 2. The third kappa shape index (κ3) is 7.04. The molecule has 222 valence electrons.